The molecule has 1 heterocycles. The molecule has 2 N–H and O–H groups in total. The first-order valence-electron chi connectivity index (χ1n) is 5.61. The number of nitrogens with two attached hydrogens (primary N) is 1. The van der Waals surface area contributed by atoms with Gasteiger partial charge in [0.15, 0.2) is 0 Å². The molecule has 0 saturated heterocycles. The Balaban J connectivity index is 2.30. The number of hydrogen-bond acceptors (Lipinski definition) is 3. The summed E-state index contributed by atoms with van der Waals surface area (Å²) < 4.78 is 5.54. The minimum atomic E-state index is -0.445. The Morgan fingerprint density at radius 2 is 2.29 bits per heavy atom. The van der Waals surface area contributed by atoms with Gasteiger partial charge in [-0.2, -0.15) is 0 Å². The minimum Gasteiger partial charge on any atom is -0.368 e. The Bertz CT molecular complexity index is 480. The molecule has 0 saturated carbocycles. The van der Waals surface area contributed by atoms with Gasteiger partial charge < -0.3 is 10.5 Å². The molecule has 90 valence electrons. The summed E-state index contributed by atoms with van der Waals surface area (Å²) in [7, 11) is 0. The maximum absolute atomic E-state index is 10.8. The molecule has 1 aliphatic rings. The highest BCUT2D eigenvalue weighted by Crippen LogP contribution is 2.37. The molecule has 0 fully saturated rings. The molecule has 2 rings (SSSR count). The molecule has 1 atom stereocenters. The maximum Gasteiger partial charge on any atom is 0.243 e. The molecular formula is C13H16N2O2. The van der Waals surface area contributed by atoms with Crippen molar-refractivity contribution in [2.24, 2.45) is 10.7 Å². The fourth-order valence-corrected chi connectivity index (χ4v) is 2.04. The highest BCUT2D eigenvalue weighted by Gasteiger charge is 2.22. The van der Waals surface area contributed by atoms with Crippen LogP contribution in [0.25, 0.3) is 0 Å². The van der Waals surface area contributed by atoms with Crippen molar-refractivity contribution in [2.45, 2.75) is 26.4 Å². The Labute approximate surface area is 100 Å². The van der Waals surface area contributed by atoms with Crippen molar-refractivity contribution in [1.29, 1.82) is 0 Å². The van der Waals surface area contributed by atoms with Crippen molar-refractivity contribution in [2.75, 3.05) is 6.61 Å². The number of ether oxygens (including phenoxy) is 1. The van der Waals surface area contributed by atoms with Gasteiger partial charge in [0.2, 0.25) is 5.91 Å². The number of carbonyl (C=O) groups excluding carboxylic acids is 1. The van der Waals surface area contributed by atoms with Crippen LogP contribution in [0.4, 0.5) is 5.69 Å². The second-order valence-corrected chi connectivity index (χ2v) is 4.33. The molecule has 1 amide bonds. The van der Waals surface area contributed by atoms with Gasteiger partial charge in [-0.15, -0.1) is 0 Å². The number of hydrogen-bond donors (Lipinski definition) is 1. The van der Waals surface area contributed by atoms with E-state index in [-0.39, 0.29) is 12.7 Å². The Kier molecular flexibility index (Phi) is 3.24. The number of carbonyl (C=O) groups is 1. The van der Waals surface area contributed by atoms with Crippen LogP contribution in [0.3, 0.4) is 0 Å². The summed E-state index contributed by atoms with van der Waals surface area (Å²) in [6.07, 6.45) is 0.596. The highest BCUT2D eigenvalue weighted by molar-refractivity contribution is 5.88. The third kappa shape index (κ3) is 2.53. The SMILES string of the molecule is CC1=Nc2c(C)cccc2[C@@H](OCC(N)=O)C1. The third-order valence-corrected chi connectivity index (χ3v) is 2.83. The second kappa shape index (κ2) is 4.67. The quantitative estimate of drug-likeness (QED) is 0.866. The van der Waals surface area contributed by atoms with E-state index in [1.54, 1.807) is 0 Å². The molecule has 0 bridgehead atoms. The summed E-state index contributed by atoms with van der Waals surface area (Å²) in [4.78, 5) is 15.3. The number of aryl methyl sites for hydroxylation is 1. The summed E-state index contributed by atoms with van der Waals surface area (Å²) in [6.45, 7) is 3.94. The number of benzene rings is 1. The van der Waals surface area contributed by atoms with E-state index in [9.17, 15) is 4.79 Å². The number of fused-ring (bicyclic) bond motifs is 1. The first-order chi connectivity index (χ1) is 8.08. The molecule has 17 heavy (non-hydrogen) atoms. The van der Waals surface area contributed by atoms with Gasteiger partial charge in [0.05, 0.1) is 11.8 Å². The smallest absolute Gasteiger partial charge is 0.243 e. The summed E-state index contributed by atoms with van der Waals surface area (Å²) >= 11 is 0. The molecule has 1 aliphatic heterocycles. The predicted molar refractivity (Wildman–Crippen MR) is 66.5 cm³/mol. The van der Waals surface area contributed by atoms with E-state index in [1.165, 1.54) is 0 Å². The normalized spacial score (nSPS) is 18.5. The lowest BCUT2D eigenvalue weighted by molar-refractivity contribution is -0.124. The number of primary amides is 1. The molecule has 0 radical (unpaired) electrons. The Morgan fingerprint density at radius 1 is 1.53 bits per heavy atom. The number of rotatable bonds is 3. The predicted octanol–water partition coefficient (Wildman–Crippen LogP) is 2.03. The van der Waals surface area contributed by atoms with Crippen molar-refractivity contribution in [3.63, 3.8) is 0 Å². The van der Waals surface area contributed by atoms with Gasteiger partial charge in [-0.05, 0) is 19.4 Å². The average molecular weight is 232 g/mol. The summed E-state index contributed by atoms with van der Waals surface area (Å²) in [5.74, 6) is -0.445. The molecule has 4 nitrogen and oxygen atoms in total. The van der Waals surface area contributed by atoms with E-state index in [2.05, 4.69) is 4.99 Å². The fourth-order valence-electron chi connectivity index (χ4n) is 2.04. The molecule has 1 aromatic rings. The topological polar surface area (TPSA) is 64.7 Å². The monoisotopic (exact) mass is 232 g/mol. The van der Waals surface area contributed by atoms with E-state index >= 15 is 0 Å². The van der Waals surface area contributed by atoms with Crippen LogP contribution in [0.5, 0.6) is 0 Å². The molecule has 0 unspecified atom stereocenters. The largest absolute Gasteiger partial charge is 0.368 e. The molecular weight excluding hydrogens is 216 g/mol. The van der Waals surface area contributed by atoms with Crippen molar-refractivity contribution in [3.8, 4) is 0 Å². The van der Waals surface area contributed by atoms with Crippen molar-refractivity contribution in [3.05, 3.63) is 29.3 Å². The van der Waals surface area contributed by atoms with Gasteiger partial charge in [-0.1, -0.05) is 18.2 Å². The minimum absolute atomic E-state index is 0.0503. The van der Waals surface area contributed by atoms with Gasteiger partial charge in [0.25, 0.3) is 0 Å². The van der Waals surface area contributed by atoms with Crippen LogP contribution in [-0.2, 0) is 9.53 Å². The van der Waals surface area contributed by atoms with Crippen LogP contribution in [-0.4, -0.2) is 18.2 Å². The Hall–Kier alpha value is -1.68. The standard InChI is InChI=1S/C13H16N2O2/c1-8-4-3-5-10-11(17-7-12(14)16)6-9(2)15-13(8)10/h3-5,11H,6-7H2,1-2H3,(H2,14,16)/t11-/m0/s1. The first kappa shape index (κ1) is 11.8. The van der Waals surface area contributed by atoms with Gasteiger partial charge in [0, 0.05) is 17.7 Å². The van der Waals surface area contributed by atoms with Gasteiger partial charge >= 0.3 is 0 Å². The summed E-state index contributed by atoms with van der Waals surface area (Å²) in [5, 5.41) is 0. The van der Waals surface area contributed by atoms with Crippen molar-refractivity contribution in [1.82, 2.24) is 0 Å². The zero-order chi connectivity index (χ0) is 12.4. The Morgan fingerprint density at radius 3 is 3.00 bits per heavy atom. The molecule has 0 aliphatic carbocycles. The van der Waals surface area contributed by atoms with E-state index < -0.39 is 5.91 Å². The zero-order valence-electron chi connectivity index (χ0n) is 10.1. The summed E-state index contributed by atoms with van der Waals surface area (Å²) in [6, 6.07) is 5.99. The lowest BCUT2D eigenvalue weighted by Crippen LogP contribution is -2.22. The lowest BCUT2D eigenvalue weighted by atomic mass is 9.96. The van der Waals surface area contributed by atoms with Crippen LogP contribution in [0.1, 0.15) is 30.6 Å². The van der Waals surface area contributed by atoms with Crippen molar-refractivity contribution < 1.29 is 9.53 Å². The van der Waals surface area contributed by atoms with E-state index in [1.807, 2.05) is 32.0 Å². The molecule has 4 heteroatoms. The number of aliphatic imine (C=N–C) groups is 1. The maximum atomic E-state index is 10.8. The zero-order valence-corrected chi connectivity index (χ0v) is 10.1. The van der Waals surface area contributed by atoms with Crippen LogP contribution in [0.15, 0.2) is 23.2 Å². The van der Waals surface area contributed by atoms with E-state index in [0.29, 0.717) is 6.42 Å². The third-order valence-electron chi connectivity index (χ3n) is 2.83. The van der Waals surface area contributed by atoms with Crippen LogP contribution in [0.2, 0.25) is 0 Å². The highest BCUT2D eigenvalue weighted by atomic mass is 16.5. The van der Waals surface area contributed by atoms with Crippen LogP contribution in [0, 0.1) is 6.92 Å². The molecule has 1 aromatic carbocycles. The van der Waals surface area contributed by atoms with Gasteiger partial charge in [-0.3, -0.25) is 9.79 Å². The fraction of sp³-hybridized carbons (Fsp3) is 0.385. The number of amides is 1. The molecule has 0 spiro atoms. The number of nitrogens with zero attached hydrogens (tertiary/aromatic N) is 1. The number of para-hydroxylation sites is 1. The van der Waals surface area contributed by atoms with E-state index in [0.717, 1.165) is 22.5 Å². The van der Waals surface area contributed by atoms with Crippen LogP contribution < -0.4 is 5.73 Å². The van der Waals surface area contributed by atoms with Gasteiger partial charge in [-0.25, -0.2) is 0 Å². The van der Waals surface area contributed by atoms with E-state index in [4.69, 9.17) is 10.5 Å². The average Bonchev–Trinajstić information content (AvgIpc) is 2.27. The van der Waals surface area contributed by atoms with Gasteiger partial charge in [0.1, 0.15) is 6.61 Å². The first-order valence-corrected chi connectivity index (χ1v) is 5.61. The lowest BCUT2D eigenvalue weighted by Gasteiger charge is -2.24. The molecule has 0 aromatic heterocycles. The second-order valence-electron chi connectivity index (χ2n) is 4.33. The summed E-state index contributed by atoms with van der Waals surface area (Å²) in [5.41, 5.74) is 9.24. The van der Waals surface area contributed by atoms with Crippen LogP contribution >= 0.6 is 0 Å². The van der Waals surface area contributed by atoms with Crippen molar-refractivity contribution >= 4 is 17.3 Å².